The Morgan fingerprint density at radius 1 is 0.656 bits per heavy atom. The highest BCUT2D eigenvalue weighted by molar-refractivity contribution is 6.15. The molecule has 0 amide bonds. The fraction of sp³-hybridized carbons (Fsp3) is 0.271. The van der Waals surface area contributed by atoms with Crippen molar-refractivity contribution in [1.29, 1.82) is 5.26 Å². The van der Waals surface area contributed by atoms with E-state index >= 15 is 0 Å². The first-order valence-corrected chi connectivity index (χ1v) is 22.9. The molecule has 0 saturated heterocycles. The SMILES string of the molecule is C=C1C2C(CCc3ccc4c(oc5c(-n6c7cc(C(C)(C)C)ccc7c7ccc(C(C)(C)C)cc76)c(C#N)ccc54)c3-c3cccc[n+]31)c1ccccc1-c1ccc(C(C)(C)C)c[n+]12. The smallest absolute Gasteiger partial charge is 0.249 e. The van der Waals surface area contributed by atoms with E-state index in [-0.39, 0.29) is 28.2 Å². The summed E-state index contributed by atoms with van der Waals surface area (Å²) in [6, 6.07) is 45.0. The van der Waals surface area contributed by atoms with Crippen molar-refractivity contribution in [2.45, 2.75) is 103 Å². The molecule has 0 saturated carbocycles. The number of aryl methyl sites for hydroxylation is 1. The van der Waals surface area contributed by atoms with Gasteiger partial charge in [0.25, 0.3) is 0 Å². The van der Waals surface area contributed by atoms with E-state index in [9.17, 15) is 5.26 Å². The van der Waals surface area contributed by atoms with Crippen LogP contribution in [0.15, 0.2) is 139 Å². The highest BCUT2D eigenvalue weighted by Crippen LogP contribution is 2.48. The minimum absolute atomic E-state index is 0.0181. The van der Waals surface area contributed by atoms with Crippen molar-refractivity contribution in [2.75, 3.05) is 0 Å². The number of fused-ring (bicyclic) bond motifs is 16. The Kier molecular flexibility index (Phi) is 8.67. The van der Waals surface area contributed by atoms with E-state index in [1.807, 2.05) is 6.07 Å². The Labute approximate surface area is 376 Å². The summed E-state index contributed by atoms with van der Waals surface area (Å²) in [5.74, 6) is 0.186. The van der Waals surface area contributed by atoms with Crippen LogP contribution in [0.3, 0.4) is 0 Å². The lowest BCUT2D eigenvalue weighted by atomic mass is 9.78. The Hall–Kier alpha value is -6.77. The van der Waals surface area contributed by atoms with E-state index < -0.39 is 0 Å². The molecule has 9 aromatic rings. The summed E-state index contributed by atoms with van der Waals surface area (Å²) in [5.41, 5.74) is 16.9. The van der Waals surface area contributed by atoms with Crippen molar-refractivity contribution < 1.29 is 13.6 Å². The number of hydrogen-bond donors (Lipinski definition) is 0. The lowest BCUT2D eigenvalue weighted by Gasteiger charge is -2.30. The van der Waals surface area contributed by atoms with Crippen molar-refractivity contribution in [3.63, 3.8) is 0 Å². The third-order valence-electron chi connectivity index (χ3n) is 14.4. The van der Waals surface area contributed by atoms with Crippen molar-refractivity contribution >= 4 is 49.4 Å². The van der Waals surface area contributed by atoms with Crippen LogP contribution in [0, 0.1) is 11.3 Å². The lowest BCUT2D eigenvalue weighted by molar-refractivity contribution is -0.727. The highest BCUT2D eigenvalue weighted by atomic mass is 16.3. The molecule has 2 aliphatic heterocycles. The fourth-order valence-electron chi connectivity index (χ4n) is 10.8. The Bertz CT molecular complexity index is 3420. The molecule has 0 N–H and O–H groups in total. The molecule has 5 aromatic carbocycles. The highest BCUT2D eigenvalue weighted by Gasteiger charge is 2.47. The lowest BCUT2D eigenvalue weighted by Crippen LogP contribution is -2.53. The normalized spacial score (nSPS) is 16.4. The van der Waals surface area contributed by atoms with Crippen molar-refractivity contribution in [2.24, 2.45) is 0 Å². The van der Waals surface area contributed by atoms with Crippen LogP contribution in [0.25, 0.3) is 77.6 Å². The predicted molar refractivity (Wildman–Crippen MR) is 262 cm³/mol. The van der Waals surface area contributed by atoms with Crippen LogP contribution < -0.4 is 9.13 Å². The third-order valence-corrected chi connectivity index (χ3v) is 14.4. The molecule has 5 heteroatoms. The first-order chi connectivity index (χ1) is 30.5. The molecule has 2 aliphatic rings. The van der Waals surface area contributed by atoms with Gasteiger partial charge in [0.15, 0.2) is 18.0 Å². The maximum Gasteiger partial charge on any atom is 0.249 e. The molecule has 0 fully saturated rings. The molecule has 4 aromatic heterocycles. The van der Waals surface area contributed by atoms with Gasteiger partial charge in [-0.3, -0.25) is 0 Å². The van der Waals surface area contributed by atoms with Crippen molar-refractivity contribution in [1.82, 2.24) is 4.57 Å². The van der Waals surface area contributed by atoms with Gasteiger partial charge in [0, 0.05) is 50.9 Å². The van der Waals surface area contributed by atoms with Crippen LogP contribution in [0.4, 0.5) is 0 Å². The van der Waals surface area contributed by atoms with Gasteiger partial charge in [-0.05, 0) is 100 Å². The topological polar surface area (TPSA) is 49.6 Å². The summed E-state index contributed by atoms with van der Waals surface area (Å²) < 4.78 is 14.6. The maximum atomic E-state index is 11.0. The van der Waals surface area contributed by atoms with Gasteiger partial charge in [-0.2, -0.15) is 14.4 Å². The van der Waals surface area contributed by atoms with E-state index in [1.54, 1.807) is 0 Å². The van der Waals surface area contributed by atoms with Crippen LogP contribution >= 0.6 is 0 Å². The van der Waals surface area contributed by atoms with E-state index in [4.69, 9.17) is 11.0 Å². The van der Waals surface area contributed by atoms with Crippen LogP contribution in [-0.2, 0) is 22.7 Å². The maximum absolute atomic E-state index is 11.0. The molecule has 2 unspecified atom stereocenters. The minimum atomic E-state index is -0.0748. The number of nitrogens with zero attached hydrogens (tertiary/aromatic N) is 4. The van der Waals surface area contributed by atoms with E-state index in [1.165, 1.54) is 39.1 Å². The van der Waals surface area contributed by atoms with Gasteiger partial charge in [0.2, 0.25) is 23.1 Å². The third kappa shape index (κ3) is 5.95. The second-order valence-corrected chi connectivity index (χ2v) is 21.4. The fourth-order valence-corrected chi connectivity index (χ4v) is 10.8. The molecule has 0 radical (unpaired) electrons. The molecule has 6 heterocycles. The van der Waals surface area contributed by atoms with Gasteiger partial charge in [-0.25, -0.2) is 0 Å². The number of rotatable bonds is 1. The molecule has 0 bridgehead atoms. The van der Waals surface area contributed by atoms with E-state index in [0.29, 0.717) is 11.1 Å². The van der Waals surface area contributed by atoms with Gasteiger partial charge in [-0.1, -0.05) is 117 Å². The zero-order valence-corrected chi connectivity index (χ0v) is 38.6. The zero-order chi connectivity index (χ0) is 44.6. The number of aromatic nitrogens is 3. The second kappa shape index (κ2) is 13.9. The molecule has 0 aliphatic carbocycles. The summed E-state index contributed by atoms with van der Waals surface area (Å²) in [6.45, 7) is 25.4. The molecular weight excluding hydrogens is 781 g/mol. The van der Waals surface area contributed by atoms with Gasteiger partial charge in [0.1, 0.15) is 17.3 Å². The van der Waals surface area contributed by atoms with Crippen LogP contribution in [0.5, 0.6) is 0 Å². The number of nitriles is 1. The molecule has 0 spiro atoms. The molecule has 316 valence electrons. The zero-order valence-electron chi connectivity index (χ0n) is 38.6. The molecular formula is C59H56N4O+2. The summed E-state index contributed by atoms with van der Waals surface area (Å²) in [7, 11) is 0. The molecule has 11 rings (SSSR count). The van der Waals surface area contributed by atoms with Gasteiger partial charge >= 0.3 is 0 Å². The van der Waals surface area contributed by atoms with Gasteiger partial charge in [0.05, 0.1) is 28.1 Å². The number of hydrogen-bond acceptors (Lipinski definition) is 2. The number of allylic oxidation sites excluding steroid dienone is 1. The monoisotopic (exact) mass is 836 g/mol. The van der Waals surface area contributed by atoms with Crippen LogP contribution in [0.2, 0.25) is 0 Å². The number of pyridine rings is 2. The van der Waals surface area contributed by atoms with Gasteiger partial charge < -0.3 is 8.98 Å². The molecule has 5 nitrogen and oxygen atoms in total. The second-order valence-electron chi connectivity index (χ2n) is 21.4. The van der Waals surface area contributed by atoms with Crippen LogP contribution in [-0.4, -0.2) is 4.57 Å². The van der Waals surface area contributed by atoms with E-state index in [2.05, 4.69) is 204 Å². The summed E-state index contributed by atoms with van der Waals surface area (Å²) in [4.78, 5) is 0. The quantitative estimate of drug-likeness (QED) is 0.155. The van der Waals surface area contributed by atoms with Gasteiger partial charge in [-0.15, -0.1) is 0 Å². The minimum Gasteiger partial charge on any atom is -0.453 e. The Balaban J connectivity index is 1.20. The van der Waals surface area contributed by atoms with Crippen molar-refractivity contribution in [3.8, 4) is 34.3 Å². The molecule has 64 heavy (non-hydrogen) atoms. The predicted octanol–water partition coefficient (Wildman–Crippen LogP) is 14.1. The Morgan fingerprint density at radius 2 is 1.27 bits per heavy atom. The first kappa shape index (κ1) is 40.0. The largest absolute Gasteiger partial charge is 0.453 e. The van der Waals surface area contributed by atoms with E-state index in [0.717, 1.165) is 73.6 Å². The standard InChI is InChI=1S/C59H56N4O/c1-35-53-45(41-15-11-12-16-42(41)48-29-23-40(34-62(48)53)59(8,9)10)24-18-36-19-25-46-47-26-20-37(33-60)54(56(47)64-55(46)52(36)49-17-13-14-30-61(35)49)63-50-31-38(57(2,3)4)21-27-43(50)44-28-22-39(32-51(44)63)58(5,6)7/h11-17,19-23,25-32,34,45,53H,1,18,24H2,2-10H3/q+2. The first-order valence-electron chi connectivity index (χ1n) is 22.9. The average molecular weight is 837 g/mol. The summed E-state index contributed by atoms with van der Waals surface area (Å²) >= 11 is 0. The van der Waals surface area contributed by atoms with Crippen molar-refractivity contribution in [3.05, 3.63) is 168 Å². The summed E-state index contributed by atoms with van der Waals surface area (Å²) in [5, 5.41) is 15.3. The Morgan fingerprint density at radius 3 is 1.94 bits per heavy atom. The number of benzene rings is 5. The van der Waals surface area contributed by atoms with Crippen LogP contribution in [0.1, 0.15) is 114 Å². The number of furan rings is 1. The molecule has 2 atom stereocenters. The average Bonchev–Trinajstić information content (AvgIpc) is 3.82. The summed E-state index contributed by atoms with van der Waals surface area (Å²) in [6.07, 6.45) is 6.34.